The molecule has 2 aromatic rings. The molecule has 0 spiro atoms. The third kappa shape index (κ3) is 2.92. The number of rotatable bonds is 4. The third-order valence-corrected chi connectivity index (χ3v) is 5.28. The second-order valence-electron chi connectivity index (χ2n) is 6.21. The van der Waals surface area contributed by atoms with E-state index in [4.69, 9.17) is 11.6 Å². The predicted molar refractivity (Wildman–Crippen MR) is 95.1 cm³/mol. The Morgan fingerprint density at radius 2 is 2.21 bits per heavy atom. The number of nitrogens with zero attached hydrogens (tertiary/aromatic N) is 2. The number of aliphatic hydroxyl groups is 1. The molecule has 5 heteroatoms. The van der Waals surface area contributed by atoms with E-state index in [2.05, 4.69) is 4.98 Å². The second-order valence-corrected chi connectivity index (χ2v) is 6.61. The number of pyridine rings is 1. The van der Waals surface area contributed by atoms with Gasteiger partial charge in [0.05, 0.1) is 28.4 Å². The number of halogens is 1. The summed E-state index contributed by atoms with van der Waals surface area (Å²) < 4.78 is 0. The molecule has 1 N–H and O–H groups in total. The predicted octanol–water partition coefficient (Wildman–Crippen LogP) is 3.78. The van der Waals surface area contributed by atoms with Crippen LogP contribution < -0.4 is 0 Å². The van der Waals surface area contributed by atoms with Gasteiger partial charge in [-0.15, -0.1) is 0 Å². The molecule has 24 heavy (non-hydrogen) atoms. The fraction of sp³-hybridized carbons (Fsp3) is 0.368. The van der Waals surface area contributed by atoms with Crippen molar-refractivity contribution in [3.05, 3.63) is 53.2 Å². The highest BCUT2D eigenvalue weighted by atomic mass is 35.5. The molecule has 1 fully saturated rings. The SMILES string of the molecule is CCC1(CO)CCCN1C(=O)c1cc(-c2ccccn2)ccc1Cl. The molecule has 4 nitrogen and oxygen atoms in total. The first-order valence-electron chi connectivity index (χ1n) is 8.25. The van der Waals surface area contributed by atoms with Crippen molar-refractivity contribution in [2.45, 2.75) is 31.7 Å². The van der Waals surface area contributed by atoms with E-state index in [0.717, 1.165) is 30.5 Å². The Kier molecular flexibility index (Phi) is 4.88. The molecule has 126 valence electrons. The summed E-state index contributed by atoms with van der Waals surface area (Å²) in [5.74, 6) is -0.119. The Hall–Kier alpha value is -1.91. The van der Waals surface area contributed by atoms with Crippen molar-refractivity contribution in [3.63, 3.8) is 0 Å². The van der Waals surface area contributed by atoms with Crippen LogP contribution in [0.5, 0.6) is 0 Å². The zero-order valence-electron chi connectivity index (χ0n) is 13.7. The fourth-order valence-electron chi connectivity index (χ4n) is 3.43. The Labute approximate surface area is 147 Å². The highest BCUT2D eigenvalue weighted by molar-refractivity contribution is 6.34. The summed E-state index contributed by atoms with van der Waals surface area (Å²) in [6, 6.07) is 11.1. The van der Waals surface area contributed by atoms with Crippen molar-refractivity contribution >= 4 is 17.5 Å². The number of likely N-dealkylation sites (tertiary alicyclic amines) is 1. The van der Waals surface area contributed by atoms with Crippen LogP contribution in [0.3, 0.4) is 0 Å². The maximum atomic E-state index is 13.1. The molecule has 1 amide bonds. The van der Waals surface area contributed by atoms with E-state index in [0.29, 0.717) is 17.1 Å². The molecule has 3 rings (SSSR count). The minimum Gasteiger partial charge on any atom is -0.394 e. The molecule has 0 aliphatic carbocycles. The van der Waals surface area contributed by atoms with E-state index in [-0.39, 0.29) is 12.5 Å². The van der Waals surface area contributed by atoms with Crippen LogP contribution in [0.4, 0.5) is 0 Å². The lowest BCUT2D eigenvalue weighted by molar-refractivity contribution is 0.0397. The smallest absolute Gasteiger partial charge is 0.255 e. The first-order chi connectivity index (χ1) is 11.6. The number of amides is 1. The summed E-state index contributed by atoms with van der Waals surface area (Å²) in [4.78, 5) is 19.2. The highest BCUT2D eigenvalue weighted by Gasteiger charge is 2.42. The van der Waals surface area contributed by atoms with Gasteiger partial charge in [0, 0.05) is 18.3 Å². The van der Waals surface area contributed by atoms with Crippen LogP contribution in [0.25, 0.3) is 11.3 Å². The number of aromatic nitrogens is 1. The average molecular weight is 345 g/mol. The summed E-state index contributed by atoms with van der Waals surface area (Å²) in [6.45, 7) is 2.64. The molecular formula is C19H21ClN2O2. The highest BCUT2D eigenvalue weighted by Crippen LogP contribution is 2.35. The lowest BCUT2D eigenvalue weighted by Crippen LogP contribution is -2.49. The van der Waals surface area contributed by atoms with Gasteiger partial charge >= 0.3 is 0 Å². The first-order valence-corrected chi connectivity index (χ1v) is 8.63. The van der Waals surface area contributed by atoms with Crippen molar-refractivity contribution in [1.82, 2.24) is 9.88 Å². The second kappa shape index (κ2) is 6.91. The zero-order chi connectivity index (χ0) is 17.2. The topological polar surface area (TPSA) is 53.4 Å². The van der Waals surface area contributed by atoms with E-state index in [1.54, 1.807) is 23.2 Å². The standard InChI is InChI=1S/C19H21ClN2O2/c1-2-19(13-23)9-5-11-22(19)18(24)15-12-14(7-8-16(15)20)17-6-3-4-10-21-17/h3-4,6-8,10,12,23H,2,5,9,11,13H2,1H3. The summed E-state index contributed by atoms with van der Waals surface area (Å²) >= 11 is 6.31. The van der Waals surface area contributed by atoms with Crippen molar-refractivity contribution in [1.29, 1.82) is 0 Å². The van der Waals surface area contributed by atoms with Crippen LogP contribution in [0, 0.1) is 0 Å². The van der Waals surface area contributed by atoms with Crippen molar-refractivity contribution in [2.24, 2.45) is 0 Å². The van der Waals surface area contributed by atoms with Crippen LogP contribution >= 0.6 is 11.6 Å². The Balaban J connectivity index is 1.98. The molecule has 0 bridgehead atoms. The van der Waals surface area contributed by atoms with Crippen molar-refractivity contribution in [3.8, 4) is 11.3 Å². The van der Waals surface area contributed by atoms with Crippen LogP contribution in [0.1, 0.15) is 36.5 Å². The van der Waals surface area contributed by atoms with Crippen LogP contribution in [0.2, 0.25) is 5.02 Å². The molecular weight excluding hydrogens is 324 g/mol. The molecule has 2 heterocycles. The number of carbonyl (C=O) groups is 1. The molecule has 1 aliphatic heterocycles. The maximum absolute atomic E-state index is 13.1. The average Bonchev–Trinajstić information content (AvgIpc) is 3.07. The fourth-order valence-corrected chi connectivity index (χ4v) is 3.62. The monoisotopic (exact) mass is 344 g/mol. The number of aliphatic hydroxyl groups excluding tert-OH is 1. The van der Waals surface area contributed by atoms with Gasteiger partial charge in [0.25, 0.3) is 5.91 Å². The molecule has 1 aliphatic rings. The minimum atomic E-state index is -0.471. The van der Waals surface area contributed by atoms with Gasteiger partial charge in [-0.1, -0.05) is 30.7 Å². The van der Waals surface area contributed by atoms with Gasteiger partial charge in [0.2, 0.25) is 0 Å². The van der Waals surface area contributed by atoms with Crippen LogP contribution in [0.15, 0.2) is 42.6 Å². The van der Waals surface area contributed by atoms with Crippen molar-refractivity contribution in [2.75, 3.05) is 13.2 Å². The molecule has 1 aromatic heterocycles. The normalized spacial score (nSPS) is 20.4. The van der Waals surface area contributed by atoms with Gasteiger partial charge < -0.3 is 10.0 Å². The number of hydrogen-bond acceptors (Lipinski definition) is 3. The molecule has 1 aromatic carbocycles. The molecule has 0 radical (unpaired) electrons. The molecule has 1 unspecified atom stereocenters. The Morgan fingerprint density at radius 1 is 1.38 bits per heavy atom. The molecule has 1 saturated heterocycles. The first kappa shape index (κ1) is 16.9. The van der Waals surface area contributed by atoms with E-state index in [9.17, 15) is 9.90 Å². The quantitative estimate of drug-likeness (QED) is 0.918. The Bertz CT molecular complexity index is 729. The van der Waals surface area contributed by atoms with Gasteiger partial charge in [-0.25, -0.2) is 0 Å². The largest absolute Gasteiger partial charge is 0.394 e. The van der Waals surface area contributed by atoms with E-state index < -0.39 is 5.54 Å². The van der Waals surface area contributed by atoms with E-state index in [1.807, 2.05) is 31.2 Å². The molecule has 0 saturated carbocycles. The van der Waals surface area contributed by atoms with Crippen LogP contribution in [-0.4, -0.2) is 39.6 Å². The van der Waals surface area contributed by atoms with Gasteiger partial charge in [-0.05, 0) is 43.5 Å². The van der Waals surface area contributed by atoms with Gasteiger partial charge in [-0.3, -0.25) is 9.78 Å². The number of benzene rings is 1. The van der Waals surface area contributed by atoms with Gasteiger partial charge in [0.1, 0.15) is 0 Å². The van der Waals surface area contributed by atoms with Crippen molar-refractivity contribution < 1.29 is 9.90 Å². The summed E-state index contributed by atoms with van der Waals surface area (Å²) in [5, 5.41) is 10.3. The summed E-state index contributed by atoms with van der Waals surface area (Å²) in [5.41, 5.74) is 1.65. The van der Waals surface area contributed by atoms with Crippen LogP contribution in [-0.2, 0) is 0 Å². The maximum Gasteiger partial charge on any atom is 0.255 e. The summed E-state index contributed by atoms with van der Waals surface area (Å²) in [6.07, 6.45) is 4.17. The van der Waals surface area contributed by atoms with E-state index in [1.165, 1.54) is 0 Å². The lowest BCUT2D eigenvalue weighted by atomic mass is 9.93. The lowest BCUT2D eigenvalue weighted by Gasteiger charge is -2.36. The van der Waals surface area contributed by atoms with Gasteiger partial charge in [-0.2, -0.15) is 0 Å². The number of carbonyl (C=O) groups excluding carboxylic acids is 1. The summed E-state index contributed by atoms with van der Waals surface area (Å²) in [7, 11) is 0. The number of hydrogen-bond donors (Lipinski definition) is 1. The molecule has 1 atom stereocenters. The zero-order valence-corrected chi connectivity index (χ0v) is 14.5. The third-order valence-electron chi connectivity index (χ3n) is 4.95. The Morgan fingerprint density at radius 3 is 2.88 bits per heavy atom. The van der Waals surface area contributed by atoms with Gasteiger partial charge in [0.15, 0.2) is 0 Å². The van der Waals surface area contributed by atoms with E-state index >= 15 is 0 Å². The minimum absolute atomic E-state index is 0.0210.